The number of hydrogen-bond acceptors (Lipinski definition) is 4. The molecular formula is C20H21ClN2O4S. The van der Waals surface area contributed by atoms with E-state index in [2.05, 4.69) is 0 Å². The summed E-state index contributed by atoms with van der Waals surface area (Å²) in [5.41, 5.74) is 1.55. The predicted octanol–water partition coefficient (Wildman–Crippen LogP) is 3.35. The number of nitrogens with zero attached hydrogens (tertiary/aromatic N) is 2. The number of sulfone groups is 1. The van der Waals surface area contributed by atoms with Crippen LogP contribution < -0.4 is 9.64 Å². The minimum absolute atomic E-state index is 0.0164. The molecule has 28 heavy (non-hydrogen) atoms. The average molecular weight is 421 g/mol. The van der Waals surface area contributed by atoms with Crippen LogP contribution >= 0.6 is 11.6 Å². The number of amides is 2. The lowest BCUT2D eigenvalue weighted by Crippen LogP contribution is -2.37. The van der Waals surface area contributed by atoms with Crippen LogP contribution in [-0.4, -0.2) is 49.5 Å². The monoisotopic (exact) mass is 420 g/mol. The van der Waals surface area contributed by atoms with Crippen LogP contribution in [0.4, 0.5) is 10.5 Å². The second kappa shape index (κ2) is 7.29. The Kier molecular flexibility index (Phi) is 4.97. The van der Waals surface area contributed by atoms with Crippen molar-refractivity contribution in [2.75, 3.05) is 23.0 Å². The molecule has 0 spiro atoms. The van der Waals surface area contributed by atoms with Gasteiger partial charge >= 0.3 is 6.03 Å². The zero-order valence-electron chi connectivity index (χ0n) is 15.4. The minimum atomic E-state index is -3.21. The Hall–Kier alpha value is -2.25. The van der Waals surface area contributed by atoms with Crippen LogP contribution in [0.5, 0.6) is 5.75 Å². The van der Waals surface area contributed by atoms with Crippen LogP contribution in [0, 0.1) is 0 Å². The number of carbonyl (C=O) groups excluding carboxylic acids is 1. The zero-order valence-corrected chi connectivity index (χ0v) is 17.0. The lowest BCUT2D eigenvalue weighted by atomic mass is 10.1. The molecule has 2 saturated heterocycles. The largest absolute Gasteiger partial charge is 0.494 e. The number of ether oxygens (including phenoxy) is 1. The molecule has 0 unspecified atom stereocenters. The Bertz CT molecular complexity index is 994. The fraction of sp³-hybridized carbons (Fsp3) is 0.350. The van der Waals surface area contributed by atoms with E-state index in [-0.39, 0.29) is 23.6 Å². The molecule has 8 heteroatoms. The number of rotatable bonds is 5. The highest BCUT2D eigenvalue weighted by Crippen LogP contribution is 2.36. The number of anilines is 1. The second-order valence-electron chi connectivity index (χ2n) is 7.05. The van der Waals surface area contributed by atoms with E-state index in [1.54, 1.807) is 46.2 Å². The summed E-state index contributed by atoms with van der Waals surface area (Å²) < 4.78 is 30.1. The molecular weight excluding hydrogens is 400 g/mol. The first-order valence-electron chi connectivity index (χ1n) is 9.15. The fourth-order valence-electron chi connectivity index (χ4n) is 3.97. The molecule has 0 aliphatic carbocycles. The topological polar surface area (TPSA) is 66.9 Å². The van der Waals surface area contributed by atoms with Crippen molar-refractivity contribution in [2.45, 2.75) is 25.6 Å². The first kappa shape index (κ1) is 19.1. The van der Waals surface area contributed by atoms with Gasteiger partial charge in [0.1, 0.15) is 5.75 Å². The summed E-state index contributed by atoms with van der Waals surface area (Å²) in [5, 5.41) is 0.586. The van der Waals surface area contributed by atoms with Gasteiger partial charge in [-0.1, -0.05) is 23.7 Å². The smallest absolute Gasteiger partial charge is 0.325 e. The van der Waals surface area contributed by atoms with E-state index >= 15 is 0 Å². The van der Waals surface area contributed by atoms with Crippen molar-refractivity contribution in [1.82, 2.24) is 4.90 Å². The van der Waals surface area contributed by atoms with E-state index in [1.807, 2.05) is 19.1 Å². The first-order valence-corrected chi connectivity index (χ1v) is 11.4. The van der Waals surface area contributed by atoms with Crippen molar-refractivity contribution < 1.29 is 17.9 Å². The number of halogens is 1. The Labute approximate surface area is 169 Å². The van der Waals surface area contributed by atoms with Crippen molar-refractivity contribution in [3.05, 3.63) is 59.1 Å². The Morgan fingerprint density at radius 2 is 1.82 bits per heavy atom. The van der Waals surface area contributed by atoms with Crippen molar-refractivity contribution in [1.29, 1.82) is 0 Å². The highest BCUT2D eigenvalue weighted by atomic mass is 35.5. The number of fused-ring (bicyclic) bond motifs is 1. The Morgan fingerprint density at radius 1 is 1.11 bits per heavy atom. The molecule has 0 radical (unpaired) electrons. The maximum atomic E-state index is 13.2. The molecule has 2 fully saturated rings. The SMILES string of the molecule is CCOc1ccc(N2C(=O)N(Cc3cccc(Cl)c3)[C@H]3CS(=O)(=O)C[C@@H]32)cc1. The average Bonchev–Trinajstić information content (AvgIpc) is 3.07. The van der Waals surface area contributed by atoms with Crippen molar-refractivity contribution in [2.24, 2.45) is 0 Å². The highest BCUT2D eigenvalue weighted by Gasteiger charge is 2.53. The van der Waals surface area contributed by atoms with Crippen LogP contribution in [0.1, 0.15) is 12.5 Å². The van der Waals surface area contributed by atoms with Gasteiger partial charge in [-0.05, 0) is 48.9 Å². The van der Waals surface area contributed by atoms with E-state index in [0.717, 1.165) is 5.56 Å². The summed E-state index contributed by atoms with van der Waals surface area (Å²) >= 11 is 6.07. The first-order chi connectivity index (χ1) is 13.4. The van der Waals surface area contributed by atoms with Crippen LogP contribution in [0.25, 0.3) is 0 Å². The maximum absolute atomic E-state index is 13.2. The molecule has 148 valence electrons. The van der Waals surface area contributed by atoms with Gasteiger partial charge in [0.25, 0.3) is 0 Å². The van der Waals surface area contributed by atoms with Crippen LogP contribution in [-0.2, 0) is 16.4 Å². The number of urea groups is 1. The van der Waals surface area contributed by atoms with E-state index in [1.165, 1.54) is 0 Å². The van der Waals surface area contributed by atoms with Crippen LogP contribution in [0.2, 0.25) is 5.02 Å². The summed E-state index contributed by atoms with van der Waals surface area (Å²) in [6.07, 6.45) is 0. The molecule has 2 amide bonds. The van der Waals surface area contributed by atoms with Crippen LogP contribution in [0.3, 0.4) is 0 Å². The van der Waals surface area contributed by atoms with Gasteiger partial charge in [0.05, 0.1) is 30.2 Å². The molecule has 4 rings (SSSR count). The molecule has 0 aromatic heterocycles. The van der Waals surface area contributed by atoms with Gasteiger partial charge < -0.3 is 9.64 Å². The zero-order chi connectivity index (χ0) is 19.9. The highest BCUT2D eigenvalue weighted by molar-refractivity contribution is 7.91. The molecule has 0 bridgehead atoms. The number of benzene rings is 2. The molecule has 2 aliphatic rings. The summed E-state index contributed by atoms with van der Waals surface area (Å²) in [4.78, 5) is 16.5. The van der Waals surface area contributed by atoms with E-state index in [4.69, 9.17) is 16.3 Å². The molecule has 6 nitrogen and oxygen atoms in total. The van der Waals surface area contributed by atoms with E-state index in [9.17, 15) is 13.2 Å². The normalized spacial score (nSPS) is 23.1. The van der Waals surface area contributed by atoms with Crippen LogP contribution in [0.15, 0.2) is 48.5 Å². The minimum Gasteiger partial charge on any atom is -0.494 e. The molecule has 2 aliphatic heterocycles. The summed E-state index contributed by atoms with van der Waals surface area (Å²) in [5.74, 6) is 0.671. The van der Waals surface area contributed by atoms with Crippen molar-refractivity contribution >= 4 is 33.2 Å². The third-order valence-corrected chi connectivity index (χ3v) is 7.08. The summed E-state index contributed by atoms with van der Waals surface area (Å²) in [6.45, 7) is 2.78. The lowest BCUT2D eigenvalue weighted by Gasteiger charge is -2.23. The molecule has 2 aromatic carbocycles. The van der Waals surface area contributed by atoms with E-state index < -0.39 is 15.9 Å². The lowest BCUT2D eigenvalue weighted by molar-refractivity contribution is 0.206. The standard InChI is InChI=1S/C20H21ClN2O4S/c1-2-27-17-8-6-16(7-9-17)23-19-13-28(25,26)12-18(19)22(20(23)24)11-14-4-3-5-15(21)10-14/h3-10,18-19H,2,11-13H2,1H3/t18-,19-/m0/s1. The number of hydrogen-bond donors (Lipinski definition) is 0. The molecule has 0 saturated carbocycles. The predicted molar refractivity (Wildman–Crippen MR) is 109 cm³/mol. The van der Waals surface area contributed by atoms with Gasteiger partial charge in [-0.15, -0.1) is 0 Å². The van der Waals surface area contributed by atoms with Gasteiger partial charge in [-0.3, -0.25) is 4.90 Å². The van der Waals surface area contributed by atoms with Gasteiger partial charge in [-0.25, -0.2) is 13.2 Å². The molecule has 2 heterocycles. The second-order valence-corrected chi connectivity index (χ2v) is 9.64. The molecule has 0 N–H and O–H groups in total. The summed E-state index contributed by atoms with van der Waals surface area (Å²) in [7, 11) is -3.21. The van der Waals surface area contributed by atoms with Gasteiger partial charge in [-0.2, -0.15) is 0 Å². The summed E-state index contributed by atoms with van der Waals surface area (Å²) in [6, 6.07) is 13.5. The maximum Gasteiger partial charge on any atom is 0.325 e. The Balaban J connectivity index is 1.66. The van der Waals surface area contributed by atoms with Crippen molar-refractivity contribution in [3.8, 4) is 5.75 Å². The van der Waals surface area contributed by atoms with Gasteiger partial charge in [0, 0.05) is 17.3 Å². The van der Waals surface area contributed by atoms with E-state index in [0.29, 0.717) is 29.6 Å². The van der Waals surface area contributed by atoms with Crippen molar-refractivity contribution in [3.63, 3.8) is 0 Å². The fourth-order valence-corrected chi connectivity index (χ4v) is 6.13. The number of carbonyl (C=O) groups is 1. The quantitative estimate of drug-likeness (QED) is 0.696. The third-order valence-electron chi connectivity index (χ3n) is 5.15. The molecule has 2 atom stereocenters. The van der Waals surface area contributed by atoms with Gasteiger partial charge in [0.2, 0.25) is 0 Å². The molecule has 2 aromatic rings. The third kappa shape index (κ3) is 3.56. The van der Waals surface area contributed by atoms with Gasteiger partial charge in [0.15, 0.2) is 9.84 Å². The Morgan fingerprint density at radius 3 is 2.50 bits per heavy atom.